The molecule has 0 bridgehead atoms. The van der Waals surface area contributed by atoms with Gasteiger partial charge < -0.3 is 4.79 Å². The lowest BCUT2D eigenvalue weighted by Gasteiger charge is -2.19. The van der Waals surface area contributed by atoms with E-state index in [-0.39, 0.29) is 10.8 Å². The van der Waals surface area contributed by atoms with Crippen LogP contribution in [0.3, 0.4) is 0 Å². The minimum Gasteiger partial charge on any atom is -0.303 e. The second kappa shape index (κ2) is 7.58. The van der Waals surface area contributed by atoms with E-state index in [1.54, 1.807) is 10.4 Å². The maximum atomic E-state index is 10.3. The maximum Gasteiger partial charge on any atom is 0.119 e. The Labute approximate surface area is 135 Å². The summed E-state index contributed by atoms with van der Waals surface area (Å²) in [6.07, 6.45) is 7.64. The van der Waals surface area contributed by atoms with Crippen LogP contribution in [0.25, 0.3) is 0 Å². The monoisotopic (exact) mass is 308 g/mol. The van der Waals surface area contributed by atoms with Gasteiger partial charge in [0, 0.05) is 16.2 Å². The first kappa shape index (κ1) is 18.4. The summed E-state index contributed by atoms with van der Waals surface area (Å²) in [6, 6.07) is 2.44. The number of aldehydes is 1. The molecule has 0 atom stereocenters. The van der Waals surface area contributed by atoms with Gasteiger partial charge in [-0.2, -0.15) is 0 Å². The molecule has 0 unspecified atom stereocenters. The Hall–Kier alpha value is -0.630. The summed E-state index contributed by atoms with van der Waals surface area (Å²) in [5.74, 6) is 0. The van der Waals surface area contributed by atoms with E-state index in [0.29, 0.717) is 0 Å². The lowest BCUT2D eigenvalue weighted by atomic mass is 9.88. The van der Waals surface area contributed by atoms with Gasteiger partial charge in [-0.15, -0.1) is 11.3 Å². The SMILES string of the molecule is CC(C)(C)c1cc(CCCCCCC=O)c(C(C)(C)C)s1. The second-order valence-electron chi connectivity index (χ2n) is 8.08. The normalized spacial score (nSPS) is 12.7. The average Bonchev–Trinajstić information content (AvgIpc) is 2.77. The highest BCUT2D eigenvalue weighted by Gasteiger charge is 2.25. The molecule has 0 fully saturated rings. The molecule has 2 heteroatoms. The predicted octanol–water partition coefficient (Wildman–Crippen LogP) is 6.04. The summed E-state index contributed by atoms with van der Waals surface area (Å²) in [5.41, 5.74) is 2.03. The zero-order valence-corrected chi connectivity index (χ0v) is 15.5. The van der Waals surface area contributed by atoms with Crippen molar-refractivity contribution >= 4 is 17.6 Å². The third-order valence-electron chi connectivity index (χ3n) is 3.75. The van der Waals surface area contributed by atoms with Crippen molar-refractivity contribution in [2.75, 3.05) is 0 Å². The minimum absolute atomic E-state index is 0.237. The molecule has 1 aromatic rings. The molecule has 0 aliphatic carbocycles. The first-order chi connectivity index (χ1) is 9.66. The molecule has 0 N–H and O–H groups in total. The van der Waals surface area contributed by atoms with Crippen molar-refractivity contribution in [2.24, 2.45) is 0 Å². The maximum absolute atomic E-state index is 10.3. The molecule has 21 heavy (non-hydrogen) atoms. The topological polar surface area (TPSA) is 17.1 Å². The minimum atomic E-state index is 0.237. The highest BCUT2D eigenvalue weighted by Crippen LogP contribution is 2.39. The van der Waals surface area contributed by atoms with Gasteiger partial charge in [0.15, 0.2) is 0 Å². The number of unbranched alkanes of at least 4 members (excludes halogenated alkanes) is 4. The van der Waals surface area contributed by atoms with Gasteiger partial charge >= 0.3 is 0 Å². The quantitative estimate of drug-likeness (QED) is 0.443. The Kier molecular flexibility index (Phi) is 6.65. The van der Waals surface area contributed by atoms with E-state index < -0.39 is 0 Å². The molecule has 0 saturated heterocycles. The van der Waals surface area contributed by atoms with Crippen LogP contribution < -0.4 is 0 Å². The summed E-state index contributed by atoms with van der Waals surface area (Å²) >= 11 is 2.00. The number of thiophene rings is 1. The van der Waals surface area contributed by atoms with Crippen molar-refractivity contribution in [3.05, 3.63) is 21.4 Å². The van der Waals surface area contributed by atoms with E-state index >= 15 is 0 Å². The van der Waals surface area contributed by atoms with Crippen molar-refractivity contribution in [1.82, 2.24) is 0 Å². The molecule has 0 radical (unpaired) electrons. The van der Waals surface area contributed by atoms with Gasteiger partial charge in [-0.3, -0.25) is 0 Å². The van der Waals surface area contributed by atoms with E-state index in [1.807, 2.05) is 11.3 Å². The molecular weight excluding hydrogens is 276 g/mol. The largest absolute Gasteiger partial charge is 0.303 e. The Balaban J connectivity index is 2.71. The molecule has 0 amide bonds. The van der Waals surface area contributed by atoms with Crippen LogP contribution in [0.1, 0.15) is 89.0 Å². The van der Waals surface area contributed by atoms with E-state index in [0.717, 1.165) is 19.1 Å². The Bertz CT molecular complexity index is 443. The number of carbonyl (C=O) groups excluding carboxylic acids is 1. The molecule has 0 aliphatic heterocycles. The van der Waals surface area contributed by atoms with Gasteiger partial charge in [-0.05, 0) is 41.7 Å². The van der Waals surface area contributed by atoms with Crippen molar-refractivity contribution in [1.29, 1.82) is 0 Å². The van der Waals surface area contributed by atoms with E-state index in [9.17, 15) is 4.79 Å². The van der Waals surface area contributed by atoms with E-state index in [1.165, 1.54) is 30.6 Å². The number of hydrogen-bond acceptors (Lipinski definition) is 2. The van der Waals surface area contributed by atoms with Crippen LogP contribution in [0.2, 0.25) is 0 Å². The van der Waals surface area contributed by atoms with Gasteiger partial charge in [0.05, 0.1) is 0 Å². The molecule has 0 spiro atoms. The fourth-order valence-electron chi connectivity index (χ4n) is 2.52. The lowest BCUT2D eigenvalue weighted by molar-refractivity contribution is -0.107. The zero-order valence-electron chi connectivity index (χ0n) is 14.7. The molecule has 1 aromatic heterocycles. The average molecular weight is 309 g/mol. The Morgan fingerprint density at radius 2 is 1.57 bits per heavy atom. The summed E-state index contributed by atoms with van der Waals surface area (Å²) in [4.78, 5) is 13.4. The third-order valence-corrected chi connectivity index (χ3v) is 5.78. The van der Waals surface area contributed by atoms with Crippen molar-refractivity contribution < 1.29 is 4.79 Å². The van der Waals surface area contributed by atoms with Crippen LogP contribution >= 0.6 is 11.3 Å². The van der Waals surface area contributed by atoms with Gasteiger partial charge in [-0.1, -0.05) is 54.4 Å². The van der Waals surface area contributed by atoms with Gasteiger partial charge in [0.25, 0.3) is 0 Å². The van der Waals surface area contributed by atoms with E-state index in [2.05, 4.69) is 47.6 Å². The first-order valence-corrected chi connectivity index (χ1v) is 9.05. The predicted molar refractivity (Wildman–Crippen MR) is 94.6 cm³/mol. The van der Waals surface area contributed by atoms with Gasteiger partial charge in [0.2, 0.25) is 0 Å². The standard InChI is InChI=1S/C19H32OS/c1-18(2,3)16-14-15(17(21-16)19(4,5)6)12-10-8-7-9-11-13-20/h13-14H,7-12H2,1-6H3. The summed E-state index contributed by atoms with van der Waals surface area (Å²) in [6.45, 7) is 13.9. The van der Waals surface area contributed by atoms with E-state index in [4.69, 9.17) is 0 Å². The van der Waals surface area contributed by atoms with Crippen molar-refractivity contribution in [3.8, 4) is 0 Å². The first-order valence-electron chi connectivity index (χ1n) is 8.23. The van der Waals surface area contributed by atoms with Gasteiger partial charge in [0.1, 0.15) is 6.29 Å². The molecule has 120 valence electrons. The molecule has 0 saturated carbocycles. The number of rotatable bonds is 7. The summed E-state index contributed by atoms with van der Waals surface area (Å²) in [5, 5.41) is 0. The van der Waals surface area contributed by atoms with Crippen LogP contribution in [0.15, 0.2) is 6.07 Å². The van der Waals surface area contributed by atoms with Crippen LogP contribution in [0.4, 0.5) is 0 Å². The molecule has 1 heterocycles. The molecule has 0 aromatic carbocycles. The molecule has 1 nitrogen and oxygen atoms in total. The number of aryl methyl sites for hydroxylation is 1. The molecule has 0 aliphatic rings. The highest BCUT2D eigenvalue weighted by atomic mass is 32.1. The fraction of sp³-hybridized carbons (Fsp3) is 0.737. The third kappa shape index (κ3) is 5.94. The lowest BCUT2D eigenvalue weighted by Crippen LogP contribution is -2.11. The zero-order chi connectivity index (χ0) is 16.1. The van der Waals surface area contributed by atoms with Gasteiger partial charge in [-0.25, -0.2) is 0 Å². The van der Waals surface area contributed by atoms with Crippen LogP contribution in [0.5, 0.6) is 0 Å². The molecular formula is C19H32OS. The summed E-state index contributed by atoms with van der Waals surface area (Å²) < 4.78 is 0. The smallest absolute Gasteiger partial charge is 0.119 e. The van der Waals surface area contributed by atoms with Crippen LogP contribution in [-0.2, 0) is 22.0 Å². The number of carbonyl (C=O) groups is 1. The highest BCUT2D eigenvalue weighted by molar-refractivity contribution is 7.12. The summed E-state index contributed by atoms with van der Waals surface area (Å²) in [7, 11) is 0. The Morgan fingerprint density at radius 1 is 0.952 bits per heavy atom. The molecule has 1 rings (SSSR count). The van der Waals surface area contributed by atoms with Crippen LogP contribution in [0, 0.1) is 0 Å². The Morgan fingerprint density at radius 3 is 2.10 bits per heavy atom. The van der Waals surface area contributed by atoms with Crippen molar-refractivity contribution in [2.45, 2.75) is 90.9 Å². The van der Waals surface area contributed by atoms with Crippen LogP contribution in [-0.4, -0.2) is 6.29 Å². The number of hydrogen-bond donors (Lipinski definition) is 0. The van der Waals surface area contributed by atoms with Crippen molar-refractivity contribution in [3.63, 3.8) is 0 Å². The fourth-order valence-corrected chi connectivity index (χ4v) is 3.84. The second-order valence-corrected chi connectivity index (χ2v) is 9.14.